The Hall–Kier alpha value is -2.08. The fraction of sp³-hybridized carbons (Fsp3) is 0.438. The first-order chi connectivity index (χ1) is 11.1. The number of nitrogens with zero attached hydrogens (tertiary/aromatic N) is 2. The van der Waals surface area contributed by atoms with Gasteiger partial charge >= 0.3 is 5.97 Å². The molecule has 1 heterocycles. The van der Waals surface area contributed by atoms with E-state index in [1.807, 2.05) is 0 Å². The first-order valence-electron chi connectivity index (χ1n) is 7.55. The van der Waals surface area contributed by atoms with E-state index < -0.39 is 5.97 Å². The van der Waals surface area contributed by atoms with Crippen LogP contribution in [0.15, 0.2) is 28.7 Å². The van der Waals surface area contributed by atoms with Gasteiger partial charge in [0, 0.05) is 10.9 Å². The molecule has 0 atom stereocenters. The van der Waals surface area contributed by atoms with Crippen LogP contribution < -0.4 is 4.74 Å². The topological polar surface area (TPSA) is 85.5 Å². The number of halogens is 1. The normalized spacial score (nSPS) is 21.1. The number of carboxylic acid groups (broad SMARTS) is 1. The molecule has 0 unspecified atom stereocenters. The van der Waals surface area contributed by atoms with Gasteiger partial charge in [0.05, 0.1) is 5.92 Å². The predicted octanol–water partition coefficient (Wildman–Crippen LogP) is 3.66. The van der Waals surface area contributed by atoms with Gasteiger partial charge in [-0.25, -0.2) is 0 Å². The van der Waals surface area contributed by atoms with Crippen molar-refractivity contribution in [2.45, 2.75) is 38.2 Å². The first kappa shape index (κ1) is 15.8. The van der Waals surface area contributed by atoms with Crippen molar-refractivity contribution in [1.82, 2.24) is 10.2 Å². The Morgan fingerprint density at radius 2 is 1.91 bits per heavy atom. The Labute approximate surface area is 138 Å². The zero-order valence-electron chi connectivity index (χ0n) is 12.4. The zero-order valence-corrected chi connectivity index (χ0v) is 13.2. The van der Waals surface area contributed by atoms with Gasteiger partial charge in [-0.3, -0.25) is 4.79 Å². The molecule has 23 heavy (non-hydrogen) atoms. The molecule has 1 aliphatic carbocycles. The van der Waals surface area contributed by atoms with E-state index in [0.717, 1.165) is 12.8 Å². The molecule has 0 saturated heterocycles. The van der Waals surface area contributed by atoms with Crippen LogP contribution >= 0.6 is 11.6 Å². The lowest BCUT2D eigenvalue weighted by Gasteiger charge is -2.23. The minimum atomic E-state index is -0.717. The third kappa shape index (κ3) is 4.01. The van der Waals surface area contributed by atoms with Gasteiger partial charge in [-0.15, -0.1) is 10.2 Å². The molecule has 122 valence electrons. The molecule has 1 N–H and O–H groups in total. The number of rotatable bonds is 5. The van der Waals surface area contributed by atoms with Crippen LogP contribution in [0.4, 0.5) is 0 Å². The van der Waals surface area contributed by atoms with Crippen molar-refractivity contribution in [2.75, 3.05) is 0 Å². The average molecular weight is 337 g/mol. The van der Waals surface area contributed by atoms with Crippen molar-refractivity contribution < 1.29 is 19.1 Å². The Morgan fingerprint density at radius 1 is 1.22 bits per heavy atom. The second-order valence-corrected chi connectivity index (χ2v) is 6.10. The van der Waals surface area contributed by atoms with Crippen molar-refractivity contribution >= 4 is 17.6 Å². The lowest BCUT2D eigenvalue weighted by atomic mass is 9.82. The molecule has 7 heteroatoms. The highest BCUT2D eigenvalue weighted by Gasteiger charge is 2.29. The second-order valence-electron chi connectivity index (χ2n) is 5.66. The van der Waals surface area contributed by atoms with Crippen LogP contribution in [0.25, 0.3) is 0 Å². The van der Waals surface area contributed by atoms with E-state index >= 15 is 0 Å². The Balaban J connectivity index is 1.54. The maximum Gasteiger partial charge on any atom is 0.306 e. The first-order valence-corrected chi connectivity index (χ1v) is 7.93. The molecule has 0 amide bonds. The number of hydrogen-bond donors (Lipinski definition) is 1. The number of hydrogen-bond acceptors (Lipinski definition) is 5. The van der Waals surface area contributed by atoms with Gasteiger partial charge in [-0.05, 0) is 49.9 Å². The third-order valence-electron chi connectivity index (χ3n) is 4.08. The Kier molecular flexibility index (Phi) is 4.81. The van der Waals surface area contributed by atoms with Crippen LogP contribution in [0.2, 0.25) is 5.02 Å². The lowest BCUT2D eigenvalue weighted by Crippen LogP contribution is -2.20. The number of aromatic nitrogens is 2. The Bertz CT molecular complexity index is 663. The van der Waals surface area contributed by atoms with Gasteiger partial charge in [-0.1, -0.05) is 11.6 Å². The van der Waals surface area contributed by atoms with Crippen molar-refractivity contribution in [2.24, 2.45) is 5.92 Å². The quantitative estimate of drug-likeness (QED) is 0.896. The lowest BCUT2D eigenvalue weighted by molar-refractivity contribution is -0.142. The highest BCUT2D eigenvalue weighted by molar-refractivity contribution is 6.30. The van der Waals surface area contributed by atoms with Crippen LogP contribution in [0.1, 0.15) is 43.4 Å². The van der Waals surface area contributed by atoms with Crippen molar-refractivity contribution in [3.8, 4) is 5.75 Å². The number of aliphatic carboxylic acids is 1. The summed E-state index contributed by atoms with van der Waals surface area (Å²) in [4.78, 5) is 11.0. The molecule has 3 rings (SSSR count). The fourth-order valence-electron chi connectivity index (χ4n) is 2.75. The van der Waals surface area contributed by atoms with Crippen molar-refractivity contribution in [3.05, 3.63) is 41.1 Å². The maximum absolute atomic E-state index is 11.0. The number of carbonyl (C=O) groups is 1. The summed E-state index contributed by atoms with van der Waals surface area (Å²) < 4.78 is 11.2. The average Bonchev–Trinajstić information content (AvgIpc) is 3.03. The van der Waals surface area contributed by atoms with Crippen LogP contribution in [0.5, 0.6) is 5.75 Å². The summed E-state index contributed by atoms with van der Waals surface area (Å²) in [5.41, 5.74) is 0. The van der Waals surface area contributed by atoms with Gasteiger partial charge in [-0.2, -0.15) is 0 Å². The van der Waals surface area contributed by atoms with E-state index in [4.69, 9.17) is 25.9 Å². The zero-order chi connectivity index (χ0) is 16.2. The van der Waals surface area contributed by atoms with E-state index in [9.17, 15) is 4.79 Å². The minimum absolute atomic E-state index is 0.141. The van der Waals surface area contributed by atoms with E-state index in [1.165, 1.54) is 0 Å². The van der Waals surface area contributed by atoms with Crippen molar-refractivity contribution in [3.63, 3.8) is 0 Å². The van der Waals surface area contributed by atoms with Gasteiger partial charge in [0.2, 0.25) is 5.89 Å². The molecule has 0 spiro atoms. The summed E-state index contributed by atoms with van der Waals surface area (Å²) in [5.74, 6) is 0.838. The van der Waals surface area contributed by atoms with Crippen LogP contribution in [-0.4, -0.2) is 21.3 Å². The summed E-state index contributed by atoms with van der Waals surface area (Å²) in [5, 5.41) is 17.7. The summed E-state index contributed by atoms with van der Waals surface area (Å²) in [6.45, 7) is 0.194. The number of benzene rings is 1. The maximum atomic E-state index is 11.0. The Morgan fingerprint density at radius 3 is 2.57 bits per heavy atom. The molecule has 0 radical (unpaired) electrons. The number of ether oxygens (including phenoxy) is 1. The molecule has 2 aromatic rings. The molecule has 1 aliphatic rings. The predicted molar refractivity (Wildman–Crippen MR) is 82.4 cm³/mol. The summed E-state index contributed by atoms with van der Waals surface area (Å²) in [7, 11) is 0. The summed E-state index contributed by atoms with van der Waals surface area (Å²) in [6.07, 6.45) is 2.82. The molecule has 1 fully saturated rings. The SMILES string of the molecule is O=C(O)C1CCC(c2nnc(COc3ccc(Cl)cc3)o2)CC1. The second kappa shape index (κ2) is 7.00. The van der Waals surface area contributed by atoms with Gasteiger partial charge in [0.15, 0.2) is 6.61 Å². The van der Waals surface area contributed by atoms with Crippen LogP contribution in [0, 0.1) is 5.92 Å². The third-order valence-corrected chi connectivity index (χ3v) is 4.34. The molecular weight excluding hydrogens is 320 g/mol. The van der Waals surface area contributed by atoms with Crippen LogP contribution in [-0.2, 0) is 11.4 Å². The van der Waals surface area contributed by atoms with Crippen LogP contribution in [0.3, 0.4) is 0 Å². The molecule has 0 bridgehead atoms. The highest BCUT2D eigenvalue weighted by atomic mass is 35.5. The standard InChI is InChI=1S/C16H17ClN2O4/c17-12-5-7-13(8-6-12)22-9-14-18-19-15(23-14)10-1-3-11(4-2-10)16(20)21/h5-8,10-11H,1-4,9H2,(H,20,21). The minimum Gasteiger partial charge on any atom is -0.484 e. The van der Waals surface area contributed by atoms with E-state index in [1.54, 1.807) is 24.3 Å². The van der Waals surface area contributed by atoms with Gasteiger partial charge < -0.3 is 14.3 Å². The summed E-state index contributed by atoms with van der Waals surface area (Å²) >= 11 is 5.81. The molecule has 0 aliphatic heterocycles. The molecule has 1 aromatic heterocycles. The number of carboxylic acids is 1. The molecular formula is C16H17ClN2O4. The van der Waals surface area contributed by atoms with E-state index in [0.29, 0.717) is 35.4 Å². The van der Waals surface area contributed by atoms with Gasteiger partial charge in [0.1, 0.15) is 5.75 Å². The van der Waals surface area contributed by atoms with E-state index in [2.05, 4.69) is 10.2 Å². The summed E-state index contributed by atoms with van der Waals surface area (Å²) in [6, 6.07) is 7.04. The van der Waals surface area contributed by atoms with Gasteiger partial charge in [0.25, 0.3) is 5.89 Å². The molecule has 6 nitrogen and oxygen atoms in total. The monoisotopic (exact) mass is 336 g/mol. The smallest absolute Gasteiger partial charge is 0.306 e. The largest absolute Gasteiger partial charge is 0.484 e. The molecule has 1 aromatic carbocycles. The van der Waals surface area contributed by atoms with E-state index in [-0.39, 0.29) is 18.4 Å². The fourth-order valence-corrected chi connectivity index (χ4v) is 2.88. The molecule has 1 saturated carbocycles. The highest BCUT2D eigenvalue weighted by Crippen LogP contribution is 2.35. The van der Waals surface area contributed by atoms with Crippen molar-refractivity contribution in [1.29, 1.82) is 0 Å².